The summed E-state index contributed by atoms with van der Waals surface area (Å²) in [6.45, 7) is 1.76. The number of amides is 1. The monoisotopic (exact) mass is 405 g/mol. The highest BCUT2D eigenvalue weighted by atomic mass is 32.2. The number of anilines is 1. The number of sulfonamides is 1. The lowest BCUT2D eigenvalue weighted by atomic mass is 10.1. The van der Waals surface area contributed by atoms with E-state index in [9.17, 15) is 13.2 Å². The fourth-order valence-electron chi connectivity index (χ4n) is 2.91. The van der Waals surface area contributed by atoms with Crippen molar-refractivity contribution in [1.82, 2.24) is 9.62 Å². The van der Waals surface area contributed by atoms with Gasteiger partial charge in [-0.05, 0) is 56.1 Å². The van der Waals surface area contributed by atoms with Gasteiger partial charge >= 0.3 is 0 Å². The van der Waals surface area contributed by atoms with Gasteiger partial charge in [-0.3, -0.25) is 4.79 Å². The standard InChI is InChI=1S/C19H23N3O5S/c1-13(23)21-15-5-7-16(8-6-15)28(24,25)20-11-17(22(2)3)14-4-9-18-19(10-14)27-12-26-18/h4-10,17,20H,11-12H2,1-3H3,(H,21,23). The summed E-state index contributed by atoms with van der Waals surface area (Å²) in [4.78, 5) is 13.1. The molecule has 0 bridgehead atoms. The number of fused-ring (bicyclic) bond motifs is 1. The molecule has 0 spiro atoms. The van der Waals surface area contributed by atoms with Gasteiger partial charge in [0.2, 0.25) is 22.7 Å². The van der Waals surface area contributed by atoms with Gasteiger partial charge < -0.3 is 19.7 Å². The first-order valence-electron chi connectivity index (χ1n) is 8.69. The Kier molecular flexibility index (Phi) is 5.87. The zero-order valence-corrected chi connectivity index (χ0v) is 16.7. The molecule has 9 heteroatoms. The first kappa shape index (κ1) is 20.1. The van der Waals surface area contributed by atoms with Gasteiger partial charge in [0.25, 0.3) is 0 Å². The molecular weight excluding hydrogens is 382 g/mol. The molecule has 0 radical (unpaired) electrons. The van der Waals surface area contributed by atoms with Crippen LogP contribution in [-0.2, 0) is 14.8 Å². The number of rotatable bonds is 7. The topological polar surface area (TPSA) is 97.0 Å². The van der Waals surface area contributed by atoms with Crippen molar-refractivity contribution >= 4 is 21.6 Å². The molecule has 150 valence electrons. The van der Waals surface area contributed by atoms with E-state index in [0.29, 0.717) is 17.2 Å². The van der Waals surface area contributed by atoms with Crippen LogP contribution in [0, 0.1) is 0 Å². The SMILES string of the molecule is CC(=O)Nc1ccc(S(=O)(=O)NCC(c2ccc3c(c2)OCO3)N(C)C)cc1. The molecule has 0 aromatic heterocycles. The number of carbonyl (C=O) groups is 1. The molecule has 28 heavy (non-hydrogen) atoms. The molecule has 0 fully saturated rings. The average Bonchev–Trinajstić information content (AvgIpc) is 3.09. The molecular formula is C19H23N3O5S. The minimum atomic E-state index is -3.70. The van der Waals surface area contributed by atoms with E-state index < -0.39 is 10.0 Å². The van der Waals surface area contributed by atoms with E-state index in [1.165, 1.54) is 19.1 Å². The highest BCUT2D eigenvalue weighted by Crippen LogP contribution is 2.35. The number of hydrogen-bond acceptors (Lipinski definition) is 6. The van der Waals surface area contributed by atoms with Crippen LogP contribution in [0.25, 0.3) is 0 Å². The average molecular weight is 405 g/mol. The Morgan fingerprint density at radius 3 is 2.43 bits per heavy atom. The van der Waals surface area contributed by atoms with Crippen molar-refractivity contribution in [2.75, 3.05) is 32.7 Å². The molecule has 0 saturated heterocycles. The third-order valence-corrected chi connectivity index (χ3v) is 5.80. The first-order chi connectivity index (χ1) is 13.3. The highest BCUT2D eigenvalue weighted by molar-refractivity contribution is 7.89. The first-order valence-corrected chi connectivity index (χ1v) is 10.2. The second-order valence-electron chi connectivity index (χ2n) is 6.65. The molecule has 1 amide bonds. The van der Waals surface area contributed by atoms with Crippen LogP contribution in [0.3, 0.4) is 0 Å². The Bertz CT molecular complexity index is 958. The minimum absolute atomic E-state index is 0.129. The van der Waals surface area contributed by atoms with Crippen LogP contribution >= 0.6 is 0 Å². The maximum Gasteiger partial charge on any atom is 0.240 e. The number of likely N-dealkylation sites (N-methyl/N-ethyl adjacent to an activating group) is 1. The Hall–Kier alpha value is -2.62. The van der Waals surface area contributed by atoms with Crippen LogP contribution in [0.4, 0.5) is 5.69 Å². The largest absolute Gasteiger partial charge is 0.454 e. The zero-order valence-electron chi connectivity index (χ0n) is 15.9. The number of carbonyl (C=O) groups excluding carboxylic acids is 1. The molecule has 0 saturated carbocycles. The van der Waals surface area contributed by atoms with Gasteiger partial charge in [-0.1, -0.05) is 6.07 Å². The lowest BCUT2D eigenvalue weighted by Gasteiger charge is -2.25. The zero-order chi connectivity index (χ0) is 20.3. The lowest BCUT2D eigenvalue weighted by Crippen LogP contribution is -2.34. The smallest absolute Gasteiger partial charge is 0.240 e. The van der Waals surface area contributed by atoms with Gasteiger partial charge in [-0.2, -0.15) is 0 Å². The highest BCUT2D eigenvalue weighted by Gasteiger charge is 2.22. The van der Waals surface area contributed by atoms with E-state index in [0.717, 1.165) is 5.56 Å². The van der Waals surface area contributed by atoms with Crippen molar-refractivity contribution in [3.05, 3.63) is 48.0 Å². The van der Waals surface area contributed by atoms with Crippen LogP contribution in [0.2, 0.25) is 0 Å². The number of nitrogens with one attached hydrogen (secondary N) is 2. The van der Waals surface area contributed by atoms with Gasteiger partial charge in [0.1, 0.15) is 0 Å². The van der Waals surface area contributed by atoms with Crippen molar-refractivity contribution < 1.29 is 22.7 Å². The molecule has 3 rings (SSSR count). The fourth-order valence-corrected chi connectivity index (χ4v) is 3.95. The Morgan fingerprint density at radius 1 is 1.11 bits per heavy atom. The van der Waals surface area contributed by atoms with Gasteiger partial charge in [0.15, 0.2) is 11.5 Å². The second kappa shape index (κ2) is 8.17. The summed E-state index contributed by atoms with van der Waals surface area (Å²) < 4.78 is 38.7. The van der Waals surface area contributed by atoms with Crippen molar-refractivity contribution in [1.29, 1.82) is 0 Å². The summed E-state index contributed by atoms with van der Waals surface area (Å²) in [5.74, 6) is 1.12. The van der Waals surface area contributed by atoms with Gasteiger partial charge in [0, 0.05) is 25.2 Å². The summed E-state index contributed by atoms with van der Waals surface area (Å²) in [5, 5.41) is 2.61. The van der Waals surface area contributed by atoms with E-state index in [-0.39, 0.29) is 30.2 Å². The van der Waals surface area contributed by atoms with E-state index in [1.807, 2.05) is 37.2 Å². The van der Waals surface area contributed by atoms with E-state index in [2.05, 4.69) is 10.0 Å². The Morgan fingerprint density at radius 2 is 1.79 bits per heavy atom. The predicted octanol–water partition coefficient (Wildman–Crippen LogP) is 1.95. The molecule has 1 aliphatic rings. The lowest BCUT2D eigenvalue weighted by molar-refractivity contribution is -0.114. The molecule has 0 aliphatic carbocycles. The van der Waals surface area contributed by atoms with Crippen molar-refractivity contribution in [2.24, 2.45) is 0 Å². The molecule has 2 aromatic carbocycles. The summed E-state index contributed by atoms with van der Waals surface area (Å²) in [6, 6.07) is 11.4. The quantitative estimate of drug-likeness (QED) is 0.731. The molecule has 1 heterocycles. The maximum atomic E-state index is 12.6. The third-order valence-electron chi connectivity index (χ3n) is 4.36. The normalized spacial score (nSPS) is 14.1. The molecule has 1 aliphatic heterocycles. The Labute approximate surface area is 164 Å². The molecule has 2 N–H and O–H groups in total. The number of benzene rings is 2. The summed E-state index contributed by atoms with van der Waals surface area (Å²) in [6.07, 6.45) is 0. The molecule has 1 unspecified atom stereocenters. The number of nitrogens with zero attached hydrogens (tertiary/aromatic N) is 1. The van der Waals surface area contributed by atoms with E-state index in [1.54, 1.807) is 12.1 Å². The van der Waals surface area contributed by atoms with Gasteiger partial charge in [0.05, 0.1) is 4.90 Å². The predicted molar refractivity (Wildman–Crippen MR) is 105 cm³/mol. The van der Waals surface area contributed by atoms with Gasteiger partial charge in [-0.15, -0.1) is 0 Å². The summed E-state index contributed by atoms with van der Waals surface area (Å²) >= 11 is 0. The van der Waals surface area contributed by atoms with Crippen molar-refractivity contribution in [3.8, 4) is 11.5 Å². The Balaban J connectivity index is 1.73. The van der Waals surface area contributed by atoms with Crippen LogP contribution in [0.5, 0.6) is 11.5 Å². The molecule has 2 aromatic rings. The van der Waals surface area contributed by atoms with Crippen molar-refractivity contribution in [3.63, 3.8) is 0 Å². The number of hydrogen-bond donors (Lipinski definition) is 2. The maximum absolute atomic E-state index is 12.6. The van der Waals surface area contributed by atoms with Gasteiger partial charge in [-0.25, -0.2) is 13.1 Å². The van der Waals surface area contributed by atoms with Crippen molar-refractivity contribution in [2.45, 2.75) is 17.9 Å². The van der Waals surface area contributed by atoms with Crippen LogP contribution < -0.4 is 19.5 Å². The van der Waals surface area contributed by atoms with E-state index in [4.69, 9.17) is 9.47 Å². The van der Waals surface area contributed by atoms with Crippen LogP contribution in [-0.4, -0.2) is 46.7 Å². The summed E-state index contributed by atoms with van der Waals surface area (Å²) in [5.41, 5.74) is 1.45. The minimum Gasteiger partial charge on any atom is -0.454 e. The van der Waals surface area contributed by atoms with E-state index >= 15 is 0 Å². The van der Waals surface area contributed by atoms with Crippen LogP contribution in [0.1, 0.15) is 18.5 Å². The molecule has 8 nitrogen and oxygen atoms in total. The fraction of sp³-hybridized carbons (Fsp3) is 0.316. The third kappa shape index (κ3) is 4.61. The number of ether oxygens (including phenoxy) is 2. The molecule has 1 atom stereocenters. The second-order valence-corrected chi connectivity index (χ2v) is 8.42. The van der Waals surface area contributed by atoms with Crippen LogP contribution in [0.15, 0.2) is 47.4 Å². The summed E-state index contributed by atoms with van der Waals surface area (Å²) in [7, 11) is 0.0625.